The number of amides is 5. The first-order chi connectivity index (χ1) is 18.4. The first-order valence-corrected chi connectivity index (χ1v) is 12.4. The van der Waals surface area contributed by atoms with Crippen LogP contribution in [0.25, 0.3) is 10.9 Å². The van der Waals surface area contributed by atoms with Gasteiger partial charge in [0.2, 0.25) is 0 Å². The summed E-state index contributed by atoms with van der Waals surface area (Å²) in [4.78, 5) is 56.6. The minimum absolute atomic E-state index is 0.288. The van der Waals surface area contributed by atoms with Crippen LogP contribution in [0.15, 0.2) is 54.6 Å². The van der Waals surface area contributed by atoms with Crippen molar-refractivity contribution in [2.45, 2.75) is 19.1 Å². The van der Waals surface area contributed by atoms with Gasteiger partial charge < -0.3 is 15.4 Å². The molecule has 0 saturated carbocycles. The van der Waals surface area contributed by atoms with E-state index in [0.29, 0.717) is 44.1 Å². The molecule has 0 bridgehead atoms. The maximum atomic E-state index is 12.9. The molecule has 2 fully saturated rings. The zero-order valence-electron chi connectivity index (χ0n) is 20.9. The summed E-state index contributed by atoms with van der Waals surface area (Å²) >= 11 is 0. The van der Waals surface area contributed by atoms with Gasteiger partial charge in [-0.05, 0) is 43.3 Å². The second kappa shape index (κ2) is 10.6. The van der Waals surface area contributed by atoms with Crippen molar-refractivity contribution in [1.82, 2.24) is 31.2 Å². The predicted molar refractivity (Wildman–Crippen MR) is 138 cm³/mol. The van der Waals surface area contributed by atoms with Gasteiger partial charge in [-0.1, -0.05) is 18.2 Å². The molecule has 0 unspecified atom stereocenters. The van der Waals surface area contributed by atoms with E-state index >= 15 is 0 Å². The second-order valence-electron chi connectivity index (χ2n) is 9.27. The number of nitrogens with zero attached hydrogens (tertiary/aromatic N) is 2. The zero-order valence-corrected chi connectivity index (χ0v) is 20.9. The maximum Gasteiger partial charge on any atom is 0.328 e. The van der Waals surface area contributed by atoms with E-state index in [2.05, 4.69) is 26.3 Å². The average Bonchev–Trinajstić information content (AvgIpc) is 2.92. The number of pyridine rings is 1. The Balaban J connectivity index is 1.26. The average molecular weight is 517 g/mol. The van der Waals surface area contributed by atoms with E-state index in [0.717, 1.165) is 22.2 Å². The molecular weight excluding hydrogens is 488 g/mol. The topological polar surface area (TPSA) is 142 Å². The van der Waals surface area contributed by atoms with E-state index in [4.69, 9.17) is 4.74 Å². The Bertz CT molecular complexity index is 1380. The summed E-state index contributed by atoms with van der Waals surface area (Å²) in [6.07, 6.45) is 0. The van der Waals surface area contributed by atoms with Gasteiger partial charge in [-0.3, -0.25) is 34.9 Å². The number of rotatable bonds is 7. The number of urea groups is 1. The molecule has 3 heterocycles. The minimum Gasteiger partial charge on any atom is -0.489 e. The van der Waals surface area contributed by atoms with Crippen molar-refractivity contribution in [1.29, 1.82) is 0 Å². The molecule has 2 aliphatic heterocycles. The highest BCUT2D eigenvalue weighted by Crippen LogP contribution is 2.22. The number of barbiturate groups is 1. The van der Waals surface area contributed by atoms with Crippen LogP contribution in [0.3, 0.4) is 0 Å². The fraction of sp³-hybridized carbons (Fsp3) is 0.296. The summed E-state index contributed by atoms with van der Waals surface area (Å²) in [6, 6.07) is 15.6. The Kier molecular flexibility index (Phi) is 7.03. The highest BCUT2D eigenvalue weighted by molar-refractivity contribution is 6.22. The van der Waals surface area contributed by atoms with E-state index in [-0.39, 0.29) is 6.54 Å². The fourth-order valence-corrected chi connectivity index (χ4v) is 4.84. The lowest BCUT2D eigenvalue weighted by molar-refractivity contribution is -0.147. The van der Waals surface area contributed by atoms with Crippen LogP contribution in [0, 0.1) is 6.92 Å². The van der Waals surface area contributed by atoms with Crippen LogP contribution in [0.5, 0.6) is 5.75 Å². The molecule has 2 aromatic carbocycles. The lowest BCUT2D eigenvalue weighted by Gasteiger charge is -2.44. The maximum absolute atomic E-state index is 12.9. The summed E-state index contributed by atoms with van der Waals surface area (Å²) in [5.74, 6) is -1.38. The van der Waals surface area contributed by atoms with Crippen molar-refractivity contribution in [3.8, 4) is 5.75 Å². The van der Waals surface area contributed by atoms with Crippen molar-refractivity contribution in [2.24, 2.45) is 0 Å². The highest BCUT2D eigenvalue weighted by atomic mass is 16.5. The third-order valence-corrected chi connectivity index (χ3v) is 6.81. The van der Waals surface area contributed by atoms with Gasteiger partial charge in [0.25, 0.3) is 17.7 Å². The first-order valence-electron chi connectivity index (χ1n) is 12.4. The number of aryl methyl sites for hydroxylation is 1. The quantitative estimate of drug-likeness (QED) is 0.339. The first kappa shape index (κ1) is 25.3. The number of fused-ring (bicyclic) bond motifs is 1. The van der Waals surface area contributed by atoms with Crippen LogP contribution in [0.4, 0.5) is 4.79 Å². The number of nitrogens with one attached hydrogen (secondary N) is 4. The number of hydrogen-bond donors (Lipinski definition) is 4. The Morgan fingerprint density at radius 2 is 1.71 bits per heavy atom. The van der Waals surface area contributed by atoms with Crippen molar-refractivity contribution < 1.29 is 23.9 Å². The van der Waals surface area contributed by atoms with E-state index in [1.807, 2.05) is 37.3 Å². The number of ether oxygens (including phenoxy) is 1. The molecule has 5 rings (SSSR count). The molecule has 2 saturated heterocycles. The number of benzene rings is 2. The summed E-state index contributed by atoms with van der Waals surface area (Å²) in [7, 11) is 0. The lowest BCUT2D eigenvalue weighted by atomic mass is 9.91. The van der Waals surface area contributed by atoms with Crippen molar-refractivity contribution >= 4 is 34.7 Å². The molecule has 0 aliphatic carbocycles. The molecule has 0 spiro atoms. The van der Waals surface area contributed by atoms with Gasteiger partial charge >= 0.3 is 6.03 Å². The number of imide groups is 2. The smallest absolute Gasteiger partial charge is 0.328 e. The largest absolute Gasteiger partial charge is 0.489 e. The predicted octanol–water partition coefficient (Wildman–Crippen LogP) is 0.862. The number of piperazine rings is 1. The van der Waals surface area contributed by atoms with Crippen LogP contribution in [-0.2, 0) is 16.2 Å². The van der Waals surface area contributed by atoms with Gasteiger partial charge in [-0.25, -0.2) is 4.79 Å². The normalized spacial score (nSPS) is 17.6. The highest BCUT2D eigenvalue weighted by Gasteiger charge is 2.55. The van der Waals surface area contributed by atoms with Crippen LogP contribution in [0.2, 0.25) is 0 Å². The van der Waals surface area contributed by atoms with E-state index in [1.165, 1.54) is 0 Å². The third kappa shape index (κ3) is 4.93. The van der Waals surface area contributed by atoms with Crippen LogP contribution >= 0.6 is 0 Å². The van der Waals surface area contributed by atoms with Crippen molar-refractivity contribution in [3.63, 3.8) is 0 Å². The van der Waals surface area contributed by atoms with Crippen molar-refractivity contribution in [2.75, 3.05) is 32.7 Å². The molecule has 11 heteroatoms. The summed E-state index contributed by atoms with van der Waals surface area (Å²) in [5, 5.41) is 11.2. The number of hydrogen-bond acceptors (Lipinski definition) is 8. The molecular formula is C27H28N6O5. The van der Waals surface area contributed by atoms with Gasteiger partial charge in [0.1, 0.15) is 12.4 Å². The molecule has 3 aromatic rings. The van der Waals surface area contributed by atoms with Gasteiger partial charge in [0, 0.05) is 48.4 Å². The Morgan fingerprint density at radius 3 is 2.42 bits per heavy atom. The molecule has 38 heavy (non-hydrogen) atoms. The Labute approximate surface area is 218 Å². The fourth-order valence-electron chi connectivity index (χ4n) is 4.84. The third-order valence-electron chi connectivity index (χ3n) is 6.81. The molecule has 0 radical (unpaired) electrons. The molecule has 196 valence electrons. The second-order valence-corrected chi connectivity index (χ2v) is 9.27. The monoisotopic (exact) mass is 516 g/mol. The number of aromatic nitrogens is 1. The molecule has 11 nitrogen and oxygen atoms in total. The molecule has 5 amide bonds. The van der Waals surface area contributed by atoms with Gasteiger partial charge in [-0.15, -0.1) is 0 Å². The molecule has 0 atom stereocenters. The van der Waals surface area contributed by atoms with E-state index < -0.39 is 29.3 Å². The van der Waals surface area contributed by atoms with Crippen molar-refractivity contribution in [3.05, 3.63) is 71.4 Å². The van der Waals surface area contributed by atoms with Gasteiger partial charge in [0.15, 0.2) is 5.54 Å². The standard InChI is InChI=1S/C27H28N6O5/c1-17-14-19(21-4-2-3-5-22(21)30-17)15-38-20-8-6-18(7-9-20)23(34)29-16-27(33-12-10-28-11-13-33)24(35)31-26(37)32-25(27)36/h2-9,14,28H,10-13,15-16H2,1H3,(H,29,34)(H2,31,32,35,36,37). The molecule has 2 aliphatic rings. The van der Waals surface area contributed by atoms with Crippen LogP contribution in [-0.4, -0.2) is 71.9 Å². The SMILES string of the molecule is Cc1cc(COc2ccc(C(=O)NCC3(N4CCNCC4)C(=O)NC(=O)NC3=O)cc2)c2ccccc2n1. The Hall–Kier alpha value is -4.35. The van der Waals surface area contributed by atoms with Crippen LogP contribution < -0.4 is 26.0 Å². The molecule has 4 N–H and O–H groups in total. The number of para-hydroxylation sites is 1. The Morgan fingerprint density at radius 1 is 1.03 bits per heavy atom. The van der Waals surface area contributed by atoms with Crippen LogP contribution in [0.1, 0.15) is 21.6 Å². The van der Waals surface area contributed by atoms with Gasteiger partial charge in [0.05, 0.1) is 12.1 Å². The summed E-state index contributed by atoms with van der Waals surface area (Å²) in [6.45, 7) is 3.94. The summed E-state index contributed by atoms with van der Waals surface area (Å²) in [5.41, 5.74) is 1.43. The van der Waals surface area contributed by atoms with E-state index in [1.54, 1.807) is 29.2 Å². The number of carbonyl (C=O) groups is 4. The summed E-state index contributed by atoms with van der Waals surface area (Å²) < 4.78 is 5.97. The number of carbonyl (C=O) groups excluding carboxylic acids is 4. The lowest BCUT2D eigenvalue weighted by Crippen LogP contribution is -2.77. The minimum atomic E-state index is -1.72. The van der Waals surface area contributed by atoms with E-state index in [9.17, 15) is 19.2 Å². The zero-order chi connectivity index (χ0) is 26.7. The molecule has 1 aromatic heterocycles. The van der Waals surface area contributed by atoms with Gasteiger partial charge in [-0.2, -0.15) is 0 Å².